The van der Waals surface area contributed by atoms with E-state index in [0.29, 0.717) is 5.78 Å². The van der Waals surface area contributed by atoms with Gasteiger partial charge in [0.15, 0.2) is 0 Å². The van der Waals surface area contributed by atoms with Crippen LogP contribution >= 0.6 is 0 Å². The highest BCUT2D eigenvalue weighted by Gasteiger charge is 2.56. The number of rotatable bonds is 0. The van der Waals surface area contributed by atoms with E-state index < -0.39 is 0 Å². The number of carbonyl (C=O) groups excluding carboxylic acids is 1. The zero-order valence-corrected chi connectivity index (χ0v) is 8.65. The van der Waals surface area contributed by atoms with Crippen LogP contribution in [-0.2, 0) is 4.79 Å². The maximum atomic E-state index is 11.9. The highest BCUT2D eigenvalue weighted by atomic mass is 16.1. The van der Waals surface area contributed by atoms with E-state index in [0.717, 1.165) is 19.3 Å². The Hall–Kier alpha value is -0.590. The number of ketones is 1. The molecule has 2 aliphatic rings. The SMILES string of the molecule is C=C1CCC[C@@]2(C)CCC(=O)[C@@]12C. The normalized spacial score (nSPS) is 45.1. The summed E-state index contributed by atoms with van der Waals surface area (Å²) in [6.07, 6.45) is 5.32. The van der Waals surface area contributed by atoms with Gasteiger partial charge in [-0.25, -0.2) is 0 Å². The Morgan fingerprint density at radius 3 is 2.54 bits per heavy atom. The number of fused-ring (bicyclic) bond motifs is 1. The molecule has 0 aromatic heterocycles. The lowest BCUT2D eigenvalue weighted by atomic mass is 9.57. The van der Waals surface area contributed by atoms with E-state index in [9.17, 15) is 4.79 Å². The Morgan fingerprint density at radius 2 is 1.92 bits per heavy atom. The van der Waals surface area contributed by atoms with Crippen molar-refractivity contribution < 1.29 is 4.79 Å². The van der Waals surface area contributed by atoms with Crippen molar-refractivity contribution in [3.63, 3.8) is 0 Å². The molecule has 0 heterocycles. The van der Waals surface area contributed by atoms with Gasteiger partial charge in [-0.2, -0.15) is 0 Å². The van der Waals surface area contributed by atoms with Crippen molar-refractivity contribution in [1.82, 2.24) is 0 Å². The molecule has 2 atom stereocenters. The second-order valence-electron chi connectivity index (χ2n) is 5.07. The van der Waals surface area contributed by atoms with E-state index >= 15 is 0 Å². The summed E-state index contributed by atoms with van der Waals surface area (Å²) in [5, 5.41) is 0. The predicted molar refractivity (Wildman–Crippen MR) is 53.4 cm³/mol. The van der Waals surface area contributed by atoms with Crippen molar-refractivity contribution in [3.8, 4) is 0 Å². The van der Waals surface area contributed by atoms with Gasteiger partial charge in [0, 0.05) is 6.42 Å². The van der Waals surface area contributed by atoms with Gasteiger partial charge in [0.05, 0.1) is 5.41 Å². The van der Waals surface area contributed by atoms with E-state index in [1.165, 1.54) is 18.4 Å². The smallest absolute Gasteiger partial charge is 0.143 e. The van der Waals surface area contributed by atoms with Gasteiger partial charge in [0.25, 0.3) is 0 Å². The lowest BCUT2D eigenvalue weighted by molar-refractivity contribution is -0.127. The van der Waals surface area contributed by atoms with Gasteiger partial charge in [-0.05, 0) is 38.0 Å². The second-order valence-corrected chi connectivity index (χ2v) is 5.07. The molecule has 72 valence electrons. The third kappa shape index (κ3) is 0.905. The minimum Gasteiger partial charge on any atom is -0.299 e. The molecule has 2 fully saturated rings. The van der Waals surface area contributed by atoms with Crippen LogP contribution in [0.5, 0.6) is 0 Å². The van der Waals surface area contributed by atoms with Gasteiger partial charge < -0.3 is 0 Å². The number of Topliss-reactive ketones (excluding diaryl/α,β-unsaturated/α-hetero) is 1. The number of hydrogen-bond acceptors (Lipinski definition) is 1. The zero-order valence-electron chi connectivity index (χ0n) is 8.65. The molecule has 0 aromatic rings. The molecule has 0 amide bonds. The molecule has 0 N–H and O–H groups in total. The fraction of sp³-hybridized carbons (Fsp3) is 0.750. The predicted octanol–water partition coefficient (Wildman–Crippen LogP) is 3.10. The van der Waals surface area contributed by atoms with Gasteiger partial charge in [-0.15, -0.1) is 0 Å². The van der Waals surface area contributed by atoms with E-state index in [1.807, 2.05) is 0 Å². The fourth-order valence-corrected chi connectivity index (χ4v) is 3.17. The van der Waals surface area contributed by atoms with Crippen LogP contribution in [0.25, 0.3) is 0 Å². The topological polar surface area (TPSA) is 17.1 Å². The summed E-state index contributed by atoms with van der Waals surface area (Å²) in [5.41, 5.74) is 1.22. The van der Waals surface area contributed by atoms with Crippen LogP contribution in [0.2, 0.25) is 0 Å². The van der Waals surface area contributed by atoms with Crippen molar-refractivity contribution in [2.75, 3.05) is 0 Å². The van der Waals surface area contributed by atoms with Gasteiger partial charge in [0.2, 0.25) is 0 Å². The molecule has 0 bridgehead atoms. The van der Waals surface area contributed by atoms with Gasteiger partial charge in [-0.1, -0.05) is 19.1 Å². The summed E-state index contributed by atoms with van der Waals surface area (Å²) >= 11 is 0. The van der Waals surface area contributed by atoms with Gasteiger partial charge in [0.1, 0.15) is 5.78 Å². The first-order chi connectivity index (χ1) is 6.01. The fourth-order valence-electron chi connectivity index (χ4n) is 3.17. The molecule has 0 unspecified atom stereocenters. The van der Waals surface area contributed by atoms with Crippen LogP contribution in [0, 0.1) is 10.8 Å². The third-order valence-electron chi connectivity index (χ3n) is 4.58. The first kappa shape index (κ1) is 8.98. The van der Waals surface area contributed by atoms with Crippen LogP contribution in [0.15, 0.2) is 12.2 Å². The molecule has 1 heteroatoms. The molecule has 0 spiro atoms. The molecule has 13 heavy (non-hydrogen) atoms. The molecule has 0 radical (unpaired) electrons. The van der Waals surface area contributed by atoms with Crippen molar-refractivity contribution in [2.24, 2.45) is 10.8 Å². The van der Waals surface area contributed by atoms with Crippen molar-refractivity contribution in [1.29, 1.82) is 0 Å². The van der Waals surface area contributed by atoms with Gasteiger partial charge in [-0.3, -0.25) is 4.79 Å². The summed E-state index contributed by atoms with van der Waals surface area (Å²) in [5.74, 6) is 0.430. The molecule has 1 nitrogen and oxygen atoms in total. The summed E-state index contributed by atoms with van der Waals surface area (Å²) in [4.78, 5) is 11.9. The van der Waals surface area contributed by atoms with Gasteiger partial charge >= 0.3 is 0 Å². The molecule has 0 aromatic carbocycles. The Morgan fingerprint density at radius 1 is 1.23 bits per heavy atom. The van der Waals surface area contributed by atoms with E-state index in [1.54, 1.807) is 0 Å². The molecule has 0 aliphatic heterocycles. The minimum atomic E-state index is -0.189. The Bertz CT molecular complexity index is 279. The summed E-state index contributed by atoms with van der Waals surface area (Å²) < 4.78 is 0. The molecule has 0 saturated heterocycles. The lowest BCUT2D eigenvalue weighted by Crippen LogP contribution is -2.41. The Balaban J connectivity index is 2.47. The van der Waals surface area contributed by atoms with Crippen molar-refractivity contribution >= 4 is 5.78 Å². The summed E-state index contributed by atoms with van der Waals surface area (Å²) in [6, 6.07) is 0. The van der Waals surface area contributed by atoms with Crippen LogP contribution in [0.3, 0.4) is 0 Å². The quantitative estimate of drug-likeness (QED) is 0.521. The molecule has 2 saturated carbocycles. The van der Waals surface area contributed by atoms with E-state index in [2.05, 4.69) is 20.4 Å². The number of hydrogen-bond donors (Lipinski definition) is 0. The monoisotopic (exact) mass is 178 g/mol. The highest BCUT2D eigenvalue weighted by Crippen LogP contribution is 2.60. The summed E-state index contributed by atoms with van der Waals surface area (Å²) in [7, 11) is 0. The molecular weight excluding hydrogens is 160 g/mol. The Labute approximate surface area is 80.2 Å². The highest BCUT2D eigenvalue weighted by molar-refractivity contribution is 5.90. The van der Waals surface area contributed by atoms with Crippen LogP contribution < -0.4 is 0 Å². The van der Waals surface area contributed by atoms with Crippen molar-refractivity contribution in [3.05, 3.63) is 12.2 Å². The number of allylic oxidation sites excluding steroid dienone is 1. The molecule has 2 aliphatic carbocycles. The first-order valence-corrected chi connectivity index (χ1v) is 5.22. The minimum absolute atomic E-state index is 0.189. The maximum absolute atomic E-state index is 11.9. The Kier molecular flexibility index (Phi) is 1.70. The largest absolute Gasteiger partial charge is 0.299 e. The van der Waals surface area contributed by atoms with Crippen molar-refractivity contribution in [2.45, 2.75) is 46.0 Å². The summed E-state index contributed by atoms with van der Waals surface area (Å²) in [6.45, 7) is 8.48. The van der Waals surface area contributed by atoms with E-state index in [-0.39, 0.29) is 10.8 Å². The zero-order chi connectivity index (χ0) is 9.69. The second kappa shape index (κ2) is 2.46. The first-order valence-electron chi connectivity index (χ1n) is 5.22. The van der Waals surface area contributed by atoms with Crippen LogP contribution in [-0.4, -0.2) is 5.78 Å². The molecule has 2 rings (SSSR count). The van der Waals surface area contributed by atoms with Crippen LogP contribution in [0.4, 0.5) is 0 Å². The van der Waals surface area contributed by atoms with Crippen LogP contribution in [0.1, 0.15) is 46.0 Å². The molecular formula is C12H18O. The average molecular weight is 178 g/mol. The van der Waals surface area contributed by atoms with E-state index in [4.69, 9.17) is 0 Å². The number of carbonyl (C=O) groups is 1. The maximum Gasteiger partial charge on any atom is 0.143 e. The average Bonchev–Trinajstić information content (AvgIpc) is 2.31. The standard InChI is InChI=1S/C12H18O/c1-9-5-4-7-11(2)8-6-10(13)12(9,11)3/h1,4-8H2,2-3H3/t11-,12+/m0/s1. The lowest BCUT2D eigenvalue weighted by Gasteiger charge is -2.45. The third-order valence-corrected chi connectivity index (χ3v) is 4.58.